The third-order valence-electron chi connectivity index (χ3n) is 2.01. The Labute approximate surface area is 93.1 Å². The van der Waals surface area contributed by atoms with Crippen molar-refractivity contribution in [2.75, 3.05) is 12.3 Å². The third-order valence-corrected chi connectivity index (χ3v) is 4.01. The van der Waals surface area contributed by atoms with Crippen LogP contribution >= 0.6 is 36.2 Å². The molecule has 0 unspecified atom stereocenters. The Bertz CT molecular complexity index is 264. The number of ketones is 1. The average molecular weight is 233 g/mol. The zero-order valence-corrected chi connectivity index (χ0v) is 10.0. The number of hydrogen-bond donors (Lipinski definition) is 0. The second kappa shape index (κ2) is 4.48. The minimum absolute atomic E-state index is 0.102. The van der Waals surface area contributed by atoms with E-state index in [1.807, 2.05) is 11.8 Å². The first kappa shape index (κ1) is 11.1. The van der Waals surface area contributed by atoms with Gasteiger partial charge < -0.3 is 4.90 Å². The highest BCUT2D eigenvalue weighted by molar-refractivity contribution is 8.23. The SMILES string of the molecule is CC(=O)[C@H](C)C(=S)N1CCSC1=S. The van der Waals surface area contributed by atoms with E-state index in [1.165, 1.54) is 0 Å². The number of hydrogen-bond acceptors (Lipinski definition) is 4. The Kier molecular flexibility index (Phi) is 3.82. The molecular weight excluding hydrogens is 222 g/mol. The number of carbonyl (C=O) groups excluding carboxylic acids is 1. The molecule has 1 aliphatic rings. The normalized spacial score (nSPS) is 18.9. The zero-order valence-electron chi connectivity index (χ0n) is 7.57. The molecule has 0 aromatic heterocycles. The molecule has 0 radical (unpaired) electrons. The van der Waals surface area contributed by atoms with Crippen molar-refractivity contribution in [2.24, 2.45) is 5.92 Å². The highest BCUT2D eigenvalue weighted by Crippen LogP contribution is 2.21. The third kappa shape index (κ3) is 2.48. The first-order chi connectivity index (χ1) is 6.04. The van der Waals surface area contributed by atoms with Crippen LogP contribution in [0.3, 0.4) is 0 Å². The van der Waals surface area contributed by atoms with E-state index in [1.54, 1.807) is 18.7 Å². The van der Waals surface area contributed by atoms with Crippen LogP contribution in [0.25, 0.3) is 0 Å². The van der Waals surface area contributed by atoms with Crippen LogP contribution < -0.4 is 0 Å². The lowest BCUT2D eigenvalue weighted by Gasteiger charge is -2.21. The minimum atomic E-state index is -0.188. The number of thioether (sulfide) groups is 1. The second-order valence-electron chi connectivity index (χ2n) is 2.94. The van der Waals surface area contributed by atoms with E-state index in [9.17, 15) is 4.79 Å². The molecular formula is C8H11NOS3. The summed E-state index contributed by atoms with van der Waals surface area (Å²) in [5.41, 5.74) is 0. The maximum atomic E-state index is 11.1. The minimum Gasteiger partial charge on any atom is -0.320 e. The van der Waals surface area contributed by atoms with E-state index < -0.39 is 0 Å². The molecule has 0 spiro atoms. The van der Waals surface area contributed by atoms with E-state index in [0.29, 0.717) is 4.99 Å². The van der Waals surface area contributed by atoms with Gasteiger partial charge in [-0.2, -0.15) is 0 Å². The molecule has 0 aromatic rings. The largest absolute Gasteiger partial charge is 0.320 e. The molecule has 2 nitrogen and oxygen atoms in total. The number of carbonyl (C=O) groups is 1. The van der Waals surface area contributed by atoms with Crippen LogP contribution in [0.2, 0.25) is 0 Å². The number of Topliss-reactive ketones (excluding diaryl/α,β-unsaturated/α-hetero) is 1. The summed E-state index contributed by atoms with van der Waals surface area (Å²) in [7, 11) is 0. The van der Waals surface area contributed by atoms with E-state index in [2.05, 4.69) is 0 Å². The molecule has 1 aliphatic heterocycles. The lowest BCUT2D eigenvalue weighted by atomic mass is 10.1. The van der Waals surface area contributed by atoms with Crippen LogP contribution in [0.15, 0.2) is 0 Å². The summed E-state index contributed by atoms with van der Waals surface area (Å²) in [6.45, 7) is 4.24. The molecule has 5 heteroatoms. The Morgan fingerprint density at radius 3 is 2.69 bits per heavy atom. The van der Waals surface area contributed by atoms with Gasteiger partial charge in [0.05, 0.1) is 10.9 Å². The van der Waals surface area contributed by atoms with Crippen molar-refractivity contribution in [2.45, 2.75) is 13.8 Å². The van der Waals surface area contributed by atoms with Crippen LogP contribution in [0.4, 0.5) is 0 Å². The smallest absolute Gasteiger partial charge is 0.141 e. The maximum Gasteiger partial charge on any atom is 0.141 e. The summed E-state index contributed by atoms with van der Waals surface area (Å²) < 4.78 is 0.804. The summed E-state index contributed by atoms with van der Waals surface area (Å²) >= 11 is 11.9. The van der Waals surface area contributed by atoms with Crippen molar-refractivity contribution in [1.29, 1.82) is 0 Å². The summed E-state index contributed by atoms with van der Waals surface area (Å²) in [4.78, 5) is 13.6. The van der Waals surface area contributed by atoms with Gasteiger partial charge in [-0.1, -0.05) is 36.2 Å². The van der Waals surface area contributed by atoms with Gasteiger partial charge in [-0.25, -0.2) is 0 Å². The Morgan fingerprint density at radius 1 is 1.69 bits per heavy atom. The van der Waals surface area contributed by atoms with Crippen molar-refractivity contribution in [3.8, 4) is 0 Å². The van der Waals surface area contributed by atoms with E-state index >= 15 is 0 Å². The molecule has 1 fully saturated rings. The van der Waals surface area contributed by atoms with Crippen molar-refractivity contribution >= 4 is 51.3 Å². The highest BCUT2D eigenvalue weighted by atomic mass is 32.2. The fourth-order valence-electron chi connectivity index (χ4n) is 1.00. The van der Waals surface area contributed by atoms with Crippen LogP contribution in [0.1, 0.15) is 13.8 Å². The summed E-state index contributed by atoms with van der Waals surface area (Å²) in [5, 5.41) is 0. The highest BCUT2D eigenvalue weighted by Gasteiger charge is 2.26. The zero-order chi connectivity index (χ0) is 10.0. The fourth-order valence-corrected chi connectivity index (χ4v) is 2.70. The Morgan fingerprint density at radius 2 is 2.31 bits per heavy atom. The van der Waals surface area contributed by atoms with E-state index in [0.717, 1.165) is 16.6 Å². The van der Waals surface area contributed by atoms with E-state index in [-0.39, 0.29) is 11.7 Å². The predicted octanol–water partition coefficient (Wildman–Crippen LogP) is 1.87. The van der Waals surface area contributed by atoms with Crippen molar-refractivity contribution in [3.63, 3.8) is 0 Å². The quantitative estimate of drug-likeness (QED) is 0.677. The van der Waals surface area contributed by atoms with Crippen LogP contribution in [0.5, 0.6) is 0 Å². The summed E-state index contributed by atoms with van der Waals surface area (Å²) in [5.74, 6) is 0.889. The number of thiocarbonyl (C=S) groups is 2. The van der Waals surface area contributed by atoms with Gasteiger partial charge in [-0.3, -0.25) is 4.79 Å². The standard InChI is InChI=1S/C8H11NOS3/c1-5(6(2)10)7(11)9-3-4-13-8(9)12/h5H,3-4H2,1-2H3/t5-/m0/s1. The number of rotatable bonds is 2. The molecule has 0 aliphatic carbocycles. The molecule has 1 saturated heterocycles. The van der Waals surface area contributed by atoms with Gasteiger partial charge >= 0.3 is 0 Å². The topological polar surface area (TPSA) is 20.3 Å². The van der Waals surface area contributed by atoms with Crippen LogP contribution in [-0.4, -0.2) is 32.3 Å². The first-order valence-electron chi connectivity index (χ1n) is 4.02. The van der Waals surface area contributed by atoms with Crippen LogP contribution in [0, 0.1) is 5.92 Å². The van der Waals surface area contributed by atoms with Gasteiger partial charge in [0.15, 0.2) is 0 Å². The molecule has 13 heavy (non-hydrogen) atoms. The predicted molar refractivity (Wildman–Crippen MR) is 64.2 cm³/mol. The van der Waals surface area contributed by atoms with Crippen molar-refractivity contribution < 1.29 is 4.79 Å². The van der Waals surface area contributed by atoms with E-state index in [4.69, 9.17) is 24.4 Å². The number of nitrogens with zero attached hydrogens (tertiary/aromatic N) is 1. The monoisotopic (exact) mass is 233 g/mol. The maximum absolute atomic E-state index is 11.1. The average Bonchev–Trinajstić information content (AvgIpc) is 2.48. The lowest BCUT2D eigenvalue weighted by molar-refractivity contribution is -0.118. The molecule has 0 N–H and O–H groups in total. The summed E-state index contributed by atoms with van der Waals surface area (Å²) in [6.07, 6.45) is 0. The Balaban J connectivity index is 2.67. The van der Waals surface area contributed by atoms with Crippen LogP contribution in [-0.2, 0) is 4.79 Å². The van der Waals surface area contributed by atoms with Gasteiger partial charge in [0, 0.05) is 12.3 Å². The fraction of sp³-hybridized carbons (Fsp3) is 0.625. The van der Waals surface area contributed by atoms with Gasteiger partial charge in [-0.05, 0) is 13.8 Å². The molecule has 0 aromatic carbocycles. The summed E-state index contributed by atoms with van der Waals surface area (Å²) in [6, 6.07) is 0. The first-order valence-corrected chi connectivity index (χ1v) is 5.83. The van der Waals surface area contributed by atoms with Gasteiger partial charge in [0.2, 0.25) is 0 Å². The van der Waals surface area contributed by atoms with Gasteiger partial charge in [-0.15, -0.1) is 0 Å². The lowest BCUT2D eigenvalue weighted by Crippen LogP contribution is -2.36. The second-order valence-corrected chi connectivity index (χ2v) is 5.08. The molecule has 0 bridgehead atoms. The van der Waals surface area contributed by atoms with Crippen molar-refractivity contribution in [1.82, 2.24) is 4.90 Å². The van der Waals surface area contributed by atoms with Gasteiger partial charge in [0.1, 0.15) is 10.1 Å². The van der Waals surface area contributed by atoms with Crippen molar-refractivity contribution in [3.05, 3.63) is 0 Å². The molecule has 1 heterocycles. The molecule has 0 amide bonds. The Hall–Kier alpha value is -0.0000000000000000833. The molecule has 72 valence electrons. The molecule has 0 saturated carbocycles. The van der Waals surface area contributed by atoms with Gasteiger partial charge in [0.25, 0.3) is 0 Å². The molecule has 1 atom stereocenters. The molecule has 1 rings (SSSR count).